The normalized spacial score (nSPS) is 15.1. The summed E-state index contributed by atoms with van der Waals surface area (Å²) in [6.45, 7) is 0. The zero-order valence-corrected chi connectivity index (χ0v) is 18.3. The van der Waals surface area contributed by atoms with Crippen LogP contribution in [0.3, 0.4) is 0 Å². The summed E-state index contributed by atoms with van der Waals surface area (Å²) in [5, 5.41) is 21.3. The number of anilines is 1. The van der Waals surface area contributed by atoms with E-state index in [1.165, 1.54) is 23.3 Å². The molecule has 2 atom stereocenters. The van der Waals surface area contributed by atoms with E-state index in [1.54, 1.807) is 12.1 Å². The van der Waals surface area contributed by atoms with E-state index in [0.29, 0.717) is 5.69 Å². The second-order valence-corrected chi connectivity index (χ2v) is 7.76. The van der Waals surface area contributed by atoms with Crippen molar-refractivity contribution >= 4 is 23.5 Å². The number of nitrogens with one attached hydrogen (secondary N) is 2. The molecule has 2 unspecified atom stereocenters. The molecule has 0 bridgehead atoms. The van der Waals surface area contributed by atoms with Gasteiger partial charge in [0.25, 0.3) is 0 Å². The lowest BCUT2D eigenvalue weighted by molar-refractivity contribution is -0.159. The van der Waals surface area contributed by atoms with Gasteiger partial charge in [-0.15, -0.1) is 0 Å². The maximum Gasteiger partial charge on any atom is 0.414 e. The van der Waals surface area contributed by atoms with Crippen LogP contribution in [0, 0.1) is 5.82 Å². The summed E-state index contributed by atoms with van der Waals surface area (Å²) in [5.74, 6) is -4.12. The van der Waals surface area contributed by atoms with Crippen molar-refractivity contribution in [3.05, 3.63) is 101 Å². The van der Waals surface area contributed by atoms with Gasteiger partial charge in [0, 0.05) is 11.7 Å². The third-order valence-corrected chi connectivity index (χ3v) is 5.43. The highest BCUT2D eigenvalue weighted by molar-refractivity contribution is 6.27. The molecule has 3 aromatic rings. The van der Waals surface area contributed by atoms with Crippen molar-refractivity contribution < 1.29 is 29.0 Å². The molecule has 4 N–H and O–H groups in total. The average molecular weight is 464 g/mol. The summed E-state index contributed by atoms with van der Waals surface area (Å²) in [6.07, 6.45) is 3.16. The Hall–Kier alpha value is -4.04. The summed E-state index contributed by atoms with van der Waals surface area (Å²) in [6, 6.07) is 23.6. The Morgan fingerprint density at radius 3 is 2.12 bits per heavy atom. The van der Waals surface area contributed by atoms with Gasteiger partial charge in [-0.2, -0.15) is 0 Å². The smallest absolute Gasteiger partial charge is 0.414 e. The topological polar surface area (TPSA) is 116 Å². The molecule has 0 spiro atoms. The molecule has 0 saturated heterocycles. The van der Waals surface area contributed by atoms with Crippen LogP contribution in [0.1, 0.15) is 41.6 Å². The number of carboxylic acid groups (broad SMARTS) is 2. The lowest BCUT2D eigenvalue weighted by Crippen LogP contribution is -2.36. The Morgan fingerprint density at radius 2 is 1.47 bits per heavy atom. The highest BCUT2D eigenvalue weighted by Gasteiger charge is 2.27. The number of aryl methyl sites for hydroxylation is 1. The highest BCUT2D eigenvalue weighted by atomic mass is 19.1. The van der Waals surface area contributed by atoms with E-state index in [2.05, 4.69) is 34.9 Å². The van der Waals surface area contributed by atoms with Gasteiger partial charge in [0.15, 0.2) is 0 Å². The van der Waals surface area contributed by atoms with E-state index < -0.39 is 18.0 Å². The van der Waals surface area contributed by atoms with Crippen molar-refractivity contribution in [2.75, 3.05) is 5.32 Å². The number of amides is 1. The van der Waals surface area contributed by atoms with Crippen LogP contribution in [0.2, 0.25) is 0 Å². The van der Waals surface area contributed by atoms with Crippen molar-refractivity contribution in [2.24, 2.45) is 0 Å². The number of fused-ring (bicyclic) bond motifs is 1. The first kappa shape index (κ1) is 24.6. The maximum atomic E-state index is 13.2. The predicted molar refractivity (Wildman–Crippen MR) is 125 cm³/mol. The Morgan fingerprint density at radius 1 is 0.853 bits per heavy atom. The lowest BCUT2D eigenvalue weighted by atomic mass is 9.87. The van der Waals surface area contributed by atoms with Gasteiger partial charge in [-0.25, -0.2) is 14.0 Å². The second kappa shape index (κ2) is 11.7. The van der Waals surface area contributed by atoms with Crippen LogP contribution in [-0.4, -0.2) is 28.1 Å². The number of carbonyl (C=O) groups excluding carboxylic acids is 1. The van der Waals surface area contributed by atoms with Crippen LogP contribution in [0.25, 0.3) is 0 Å². The molecule has 0 aromatic heterocycles. The summed E-state index contributed by atoms with van der Waals surface area (Å²) >= 11 is 0. The zero-order valence-electron chi connectivity index (χ0n) is 18.3. The SMILES string of the molecule is O=C(Nc1ccc(F)cc1)C(NC1CCCc2ccccc21)c1ccccc1.O=C(O)C(=O)O. The number of halogens is 1. The molecule has 0 fully saturated rings. The molecular weight excluding hydrogens is 439 g/mol. The molecule has 1 aliphatic rings. The fraction of sp³-hybridized carbons (Fsp3) is 0.192. The predicted octanol–water partition coefficient (Wildman–Crippen LogP) is 4.33. The summed E-state index contributed by atoms with van der Waals surface area (Å²) in [5.41, 5.74) is 4.10. The lowest BCUT2D eigenvalue weighted by Gasteiger charge is -2.30. The van der Waals surface area contributed by atoms with E-state index in [4.69, 9.17) is 19.8 Å². The van der Waals surface area contributed by atoms with Crippen molar-refractivity contribution in [3.8, 4) is 0 Å². The first-order valence-electron chi connectivity index (χ1n) is 10.8. The number of carboxylic acids is 2. The molecule has 0 saturated carbocycles. The van der Waals surface area contributed by atoms with E-state index >= 15 is 0 Å². The first-order valence-corrected chi connectivity index (χ1v) is 10.8. The standard InChI is InChI=1S/C24H23FN2O.C2H2O4/c25-19-13-15-20(16-14-19)26-24(28)23(18-8-2-1-3-9-18)27-22-12-6-10-17-7-4-5-11-21(17)22;3-1(4)2(5)6/h1-5,7-9,11,13-16,22-23,27H,6,10,12H2,(H,26,28);(H,3,4)(H,5,6). The van der Waals surface area contributed by atoms with Gasteiger partial charge < -0.3 is 15.5 Å². The minimum absolute atomic E-state index is 0.120. The van der Waals surface area contributed by atoms with Crippen LogP contribution in [0.5, 0.6) is 0 Å². The largest absolute Gasteiger partial charge is 0.473 e. The van der Waals surface area contributed by atoms with Crippen LogP contribution in [0.4, 0.5) is 10.1 Å². The molecule has 0 aliphatic heterocycles. The highest BCUT2D eigenvalue weighted by Crippen LogP contribution is 2.32. The van der Waals surface area contributed by atoms with E-state index in [-0.39, 0.29) is 17.8 Å². The fourth-order valence-electron chi connectivity index (χ4n) is 3.84. The van der Waals surface area contributed by atoms with Gasteiger partial charge in [-0.1, -0.05) is 54.6 Å². The van der Waals surface area contributed by atoms with Crippen molar-refractivity contribution in [1.29, 1.82) is 0 Å². The van der Waals surface area contributed by atoms with Gasteiger partial charge in [-0.3, -0.25) is 10.1 Å². The summed E-state index contributed by atoms with van der Waals surface area (Å²) < 4.78 is 13.2. The minimum Gasteiger partial charge on any atom is -0.473 e. The quantitative estimate of drug-likeness (QED) is 0.418. The summed E-state index contributed by atoms with van der Waals surface area (Å²) in [4.78, 5) is 31.3. The molecule has 8 heteroatoms. The van der Waals surface area contributed by atoms with Gasteiger partial charge >= 0.3 is 11.9 Å². The average Bonchev–Trinajstić information content (AvgIpc) is 2.85. The van der Waals surface area contributed by atoms with Crippen LogP contribution in [0.15, 0.2) is 78.9 Å². The van der Waals surface area contributed by atoms with Crippen molar-refractivity contribution in [3.63, 3.8) is 0 Å². The summed E-state index contributed by atoms with van der Waals surface area (Å²) in [7, 11) is 0. The molecule has 7 nitrogen and oxygen atoms in total. The van der Waals surface area contributed by atoms with Crippen molar-refractivity contribution in [1.82, 2.24) is 5.32 Å². The molecule has 176 valence electrons. The number of aliphatic carboxylic acids is 2. The minimum atomic E-state index is -1.82. The number of rotatable bonds is 5. The number of carbonyl (C=O) groups is 3. The molecule has 0 radical (unpaired) electrons. The molecule has 4 rings (SSSR count). The van der Waals surface area contributed by atoms with Gasteiger partial charge in [0.05, 0.1) is 0 Å². The van der Waals surface area contributed by atoms with Gasteiger partial charge in [0.2, 0.25) is 5.91 Å². The van der Waals surface area contributed by atoms with E-state index in [9.17, 15) is 9.18 Å². The Labute approximate surface area is 196 Å². The fourth-order valence-corrected chi connectivity index (χ4v) is 3.84. The first-order chi connectivity index (χ1) is 16.3. The van der Waals surface area contributed by atoms with Gasteiger partial charge in [-0.05, 0) is 60.2 Å². The van der Waals surface area contributed by atoms with Crippen LogP contribution in [-0.2, 0) is 20.8 Å². The monoisotopic (exact) mass is 464 g/mol. The maximum absolute atomic E-state index is 13.2. The van der Waals surface area contributed by atoms with E-state index in [0.717, 1.165) is 24.8 Å². The number of benzene rings is 3. The number of hydrogen-bond donors (Lipinski definition) is 4. The van der Waals surface area contributed by atoms with E-state index in [1.807, 2.05) is 30.3 Å². The molecular formula is C26H25FN2O5. The molecule has 0 heterocycles. The molecule has 1 aliphatic carbocycles. The third-order valence-electron chi connectivity index (χ3n) is 5.43. The van der Waals surface area contributed by atoms with Crippen LogP contribution < -0.4 is 10.6 Å². The Kier molecular flexibility index (Phi) is 8.48. The number of hydrogen-bond acceptors (Lipinski definition) is 4. The van der Waals surface area contributed by atoms with Crippen LogP contribution >= 0.6 is 0 Å². The Balaban J connectivity index is 0.000000481. The molecule has 1 amide bonds. The second-order valence-electron chi connectivity index (χ2n) is 7.76. The van der Waals surface area contributed by atoms with Gasteiger partial charge in [0.1, 0.15) is 11.9 Å². The third kappa shape index (κ3) is 6.73. The molecule has 34 heavy (non-hydrogen) atoms. The zero-order chi connectivity index (χ0) is 24.5. The molecule has 3 aromatic carbocycles. The van der Waals surface area contributed by atoms with Crippen molar-refractivity contribution in [2.45, 2.75) is 31.3 Å². The Bertz CT molecular complexity index is 1120.